The summed E-state index contributed by atoms with van der Waals surface area (Å²) in [5, 5.41) is 30.8. The first-order valence-corrected chi connectivity index (χ1v) is 14.0. The van der Waals surface area contributed by atoms with E-state index in [1.807, 2.05) is 0 Å². The van der Waals surface area contributed by atoms with Crippen LogP contribution in [0.4, 0.5) is 13.2 Å². The maximum absolute atomic E-state index is 13.5. The molecular weight excluding hydrogens is 631 g/mol. The lowest BCUT2D eigenvalue weighted by Gasteiger charge is -2.39. The molecule has 3 aliphatic rings. The van der Waals surface area contributed by atoms with Crippen LogP contribution in [-0.2, 0) is 14.4 Å². The van der Waals surface area contributed by atoms with Crippen molar-refractivity contribution in [3.05, 3.63) is 0 Å². The Hall–Kier alpha value is -1.61. The van der Waals surface area contributed by atoms with Gasteiger partial charge in [-0.05, 0) is 32.1 Å². The van der Waals surface area contributed by atoms with Gasteiger partial charge in [-0.1, -0.05) is 31.9 Å². The predicted octanol–water partition coefficient (Wildman–Crippen LogP) is 1.26. The standard InChI is InChI=1S/C22H32Br2F3N5O5/c23-12-6-14(19(36)15(24)7-12)16(8-18(34)35)32-17(33)9-30-20(37)10-3-11(22(25,26)27)5-13(4-10)31-21-28-1-2-29-21/h10-16,19,36H,1-9H2,(H,30,37)(H,32,33)(H,34,35)(H2,28,29,31). The minimum atomic E-state index is -4.47. The molecule has 37 heavy (non-hydrogen) atoms. The van der Waals surface area contributed by atoms with Crippen LogP contribution in [0, 0.1) is 17.8 Å². The molecule has 2 aliphatic carbocycles. The zero-order valence-corrected chi connectivity index (χ0v) is 23.1. The van der Waals surface area contributed by atoms with Crippen LogP contribution in [0.3, 0.4) is 0 Å². The average molecular weight is 663 g/mol. The largest absolute Gasteiger partial charge is 0.481 e. The van der Waals surface area contributed by atoms with Gasteiger partial charge in [0.05, 0.1) is 31.5 Å². The number of carbonyl (C=O) groups excluding carboxylic acids is 2. The van der Waals surface area contributed by atoms with Crippen molar-refractivity contribution in [1.82, 2.24) is 21.3 Å². The summed E-state index contributed by atoms with van der Waals surface area (Å²) in [6, 6.07) is -1.51. The fourth-order valence-electron chi connectivity index (χ4n) is 5.26. The summed E-state index contributed by atoms with van der Waals surface area (Å²) >= 11 is 6.87. The molecule has 210 valence electrons. The van der Waals surface area contributed by atoms with Crippen LogP contribution in [0.5, 0.6) is 0 Å². The van der Waals surface area contributed by atoms with Gasteiger partial charge in [-0.2, -0.15) is 13.2 Å². The Labute approximate surface area is 229 Å². The number of nitrogens with zero attached hydrogens (tertiary/aromatic N) is 1. The van der Waals surface area contributed by atoms with Gasteiger partial charge >= 0.3 is 12.1 Å². The fourth-order valence-corrected chi connectivity index (χ4v) is 7.44. The summed E-state index contributed by atoms with van der Waals surface area (Å²) in [5.74, 6) is -5.30. The number of amides is 2. The molecule has 0 aromatic carbocycles. The first-order chi connectivity index (χ1) is 17.3. The van der Waals surface area contributed by atoms with E-state index in [2.05, 4.69) is 58.1 Å². The SMILES string of the molecule is O=C(O)CC(NC(=O)CNC(=O)C1CC(NC2=NCCN2)CC(C(F)(F)F)C1)C1CC(Br)CC(Br)C1O. The van der Waals surface area contributed by atoms with Gasteiger partial charge in [-0.25, -0.2) is 0 Å². The second-order valence-electron chi connectivity index (χ2n) is 9.87. The Kier molecular flexibility index (Phi) is 10.5. The minimum Gasteiger partial charge on any atom is -0.481 e. The van der Waals surface area contributed by atoms with Crippen molar-refractivity contribution in [3.8, 4) is 0 Å². The van der Waals surface area contributed by atoms with E-state index in [9.17, 15) is 37.8 Å². The lowest BCUT2D eigenvalue weighted by molar-refractivity contribution is -0.188. The average Bonchev–Trinajstić information content (AvgIpc) is 3.31. The van der Waals surface area contributed by atoms with Gasteiger partial charge in [0.2, 0.25) is 11.8 Å². The minimum absolute atomic E-state index is 0.0120. The lowest BCUT2D eigenvalue weighted by Crippen LogP contribution is -2.53. The third-order valence-corrected chi connectivity index (χ3v) is 8.72. The number of carbonyl (C=O) groups is 3. The van der Waals surface area contributed by atoms with Crippen molar-refractivity contribution in [2.45, 2.75) is 72.5 Å². The van der Waals surface area contributed by atoms with Gasteiger partial charge in [0.1, 0.15) is 0 Å². The van der Waals surface area contributed by atoms with Gasteiger partial charge in [-0.15, -0.1) is 0 Å². The second kappa shape index (κ2) is 13.0. The molecule has 2 amide bonds. The lowest BCUT2D eigenvalue weighted by atomic mass is 9.77. The highest BCUT2D eigenvalue weighted by molar-refractivity contribution is 9.10. The number of aliphatic hydroxyl groups is 1. The van der Waals surface area contributed by atoms with Crippen molar-refractivity contribution in [2.24, 2.45) is 22.7 Å². The van der Waals surface area contributed by atoms with E-state index in [-0.39, 0.29) is 28.9 Å². The van der Waals surface area contributed by atoms with Gasteiger partial charge in [-0.3, -0.25) is 19.4 Å². The quantitative estimate of drug-likeness (QED) is 0.214. The molecule has 6 N–H and O–H groups in total. The molecule has 2 fully saturated rings. The van der Waals surface area contributed by atoms with E-state index in [1.54, 1.807) is 0 Å². The molecule has 0 radical (unpaired) electrons. The van der Waals surface area contributed by atoms with Crippen LogP contribution >= 0.6 is 31.9 Å². The van der Waals surface area contributed by atoms with Crippen LogP contribution in [0.2, 0.25) is 0 Å². The molecule has 8 atom stereocenters. The van der Waals surface area contributed by atoms with Gasteiger partial charge in [0, 0.05) is 40.1 Å². The maximum Gasteiger partial charge on any atom is 0.391 e. The first-order valence-electron chi connectivity index (χ1n) is 12.2. The van der Waals surface area contributed by atoms with Crippen LogP contribution < -0.4 is 21.3 Å². The van der Waals surface area contributed by atoms with Crippen molar-refractivity contribution < 1.29 is 37.8 Å². The molecule has 0 aromatic heterocycles. The number of carboxylic acid groups (broad SMARTS) is 1. The normalized spacial score (nSPS) is 33.0. The van der Waals surface area contributed by atoms with Crippen LogP contribution in [-0.4, -0.2) is 87.6 Å². The summed E-state index contributed by atoms with van der Waals surface area (Å²) in [4.78, 5) is 40.7. The van der Waals surface area contributed by atoms with Crippen molar-refractivity contribution >= 4 is 55.6 Å². The number of alkyl halides is 5. The number of aliphatic imine (C=N–C) groups is 1. The molecule has 10 nitrogen and oxygen atoms in total. The van der Waals surface area contributed by atoms with E-state index in [0.717, 1.165) is 0 Å². The Morgan fingerprint density at radius 1 is 1.14 bits per heavy atom. The van der Waals surface area contributed by atoms with Crippen LogP contribution in [0.1, 0.15) is 38.5 Å². The van der Waals surface area contributed by atoms with E-state index >= 15 is 0 Å². The molecular formula is C22H32Br2F3N5O5. The smallest absolute Gasteiger partial charge is 0.391 e. The van der Waals surface area contributed by atoms with E-state index in [1.165, 1.54) is 0 Å². The van der Waals surface area contributed by atoms with Crippen molar-refractivity contribution in [2.75, 3.05) is 19.6 Å². The topological polar surface area (TPSA) is 152 Å². The highest BCUT2D eigenvalue weighted by Gasteiger charge is 2.47. The molecule has 0 bridgehead atoms. The van der Waals surface area contributed by atoms with E-state index in [0.29, 0.717) is 31.9 Å². The molecule has 0 spiro atoms. The Balaban J connectivity index is 1.59. The molecule has 15 heteroatoms. The molecule has 0 aromatic rings. The number of aliphatic carboxylic acids is 1. The summed E-state index contributed by atoms with van der Waals surface area (Å²) < 4.78 is 40.6. The zero-order chi connectivity index (χ0) is 27.3. The number of rotatable bonds is 8. The molecule has 3 rings (SSSR count). The fraction of sp³-hybridized carbons (Fsp3) is 0.818. The Morgan fingerprint density at radius 3 is 2.49 bits per heavy atom. The predicted molar refractivity (Wildman–Crippen MR) is 135 cm³/mol. The molecule has 2 saturated carbocycles. The summed E-state index contributed by atoms with van der Waals surface area (Å²) in [6.45, 7) is 0.584. The molecule has 1 heterocycles. The number of hydrogen-bond acceptors (Lipinski definition) is 7. The summed E-state index contributed by atoms with van der Waals surface area (Å²) in [6.07, 6.45) is -5.14. The maximum atomic E-state index is 13.5. The number of hydrogen-bond donors (Lipinski definition) is 6. The third-order valence-electron chi connectivity index (χ3n) is 7.05. The summed E-state index contributed by atoms with van der Waals surface area (Å²) in [7, 11) is 0. The van der Waals surface area contributed by atoms with Gasteiger partial charge in [0.25, 0.3) is 0 Å². The van der Waals surface area contributed by atoms with Crippen molar-refractivity contribution in [3.63, 3.8) is 0 Å². The summed E-state index contributed by atoms with van der Waals surface area (Å²) in [5.41, 5.74) is 0. The van der Waals surface area contributed by atoms with Crippen LogP contribution in [0.15, 0.2) is 4.99 Å². The van der Waals surface area contributed by atoms with E-state index in [4.69, 9.17) is 0 Å². The number of nitrogens with one attached hydrogen (secondary N) is 4. The molecule has 8 unspecified atom stereocenters. The van der Waals surface area contributed by atoms with Gasteiger partial charge < -0.3 is 31.5 Å². The number of halogens is 5. The van der Waals surface area contributed by atoms with Gasteiger partial charge in [0.15, 0.2) is 5.96 Å². The number of aliphatic hydroxyl groups excluding tert-OH is 1. The highest BCUT2D eigenvalue weighted by Crippen LogP contribution is 2.40. The number of carboxylic acids is 1. The van der Waals surface area contributed by atoms with Crippen molar-refractivity contribution in [1.29, 1.82) is 0 Å². The number of guanidine groups is 1. The first kappa shape index (κ1) is 29.9. The molecule has 1 aliphatic heterocycles. The van der Waals surface area contributed by atoms with E-state index < -0.39 is 72.9 Å². The Bertz CT molecular complexity index is 880. The third kappa shape index (κ3) is 8.70. The van der Waals surface area contributed by atoms with Crippen LogP contribution in [0.25, 0.3) is 0 Å². The zero-order valence-electron chi connectivity index (χ0n) is 19.9. The Morgan fingerprint density at radius 2 is 1.86 bits per heavy atom. The molecule has 0 saturated heterocycles. The highest BCUT2D eigenvalue weighted by atomic mass is 79.9. The monoisotopic (exact) mass is 661 g/mol. The second-order valence-corrected chi connectivity index (χ2v) is 12.3.